The second-order valence-corrected chi connectivity index (χ2v) is 9.33. The molecule has 1 unspecified atom stereocenters. The molecule has 1 aromatic heterocycles. The van der Waals surface area contributed by atoms with Crippen molar-refractivity contribution >= 4 is 28.2 Å². The zero-order valence-electron chi connectivity index (χ0n) is 17.0. The molecule has 0 radical (unpaired) electrons. The summed E-state index contributed by atoms with van der Waals surface area (Å²) in [4.78, 5) is 14.0. The van der Waals surface area contributed by atoms with E-state index in [0.29, 0.717) is 6.54 Å². The number of hydrogen-bond donors (Lipinski definition) is 1. The number of para-hydroxylation sites is 1. The van der Waals surface area contributed by atoms with E-state index in [0.717, 1.165) is 34.5 Å². The minimum absolute atomic E-state index is 0. The van der Waals surface area contributed by atoms with Gasteiger partial charge in [0.15, 0.2) is 0 Å². The van der Waals surface area contributed by atoms with Gasteiger partial charge >= 0.3 is 0 Å². The maximum absolute atomic E-state index is 12.5. The monoisotopic (exact) mass is 428 g/mol. The number of likely N-dealkylation sites (N-methyl/N-ethyl adjacent to an activating group) is 1. The van der Waals surface area contributed by atoms with Crippen LogP contribution in [0.3, 0.4) is 0 Å². The summed E-state index contributed by atoms with van der Waals surface area (Å²) in [5, 5.41) is 4.64. The minimum atomic E-state index is -3.15. The minimum Gasteiger partial charge on any atom is -0.340 e. The van der Waals surface area contributed by atoms with E-state index in [9.17, 15) is 13.2 Å². The number of nitrogens with zero attached hydrogens (tertiary/aromatic N) is 3. The van der Waals surface area contributed by atoms with Gasteiger partial charge in [-0.2, -0.15) is 5.10 Å². The van der Waals surface area contributed by atoms with Crippen molar-refractivity contribution < 1.29 is 13.2 Å². The Hall–Kier alpha value is -1.90. The van der Waals surface area contributed by atoms with Crippen molar-refractivity contribution in [2.45, 2.75) is 39.8 Å². The molecule has 156 valence electrons. The van der Waals surface area contributed by atoms with Gasteiger partial charge in [0.1, 0.15) is 9.84 Å². The van der Waals surface area contributed by atoms with Gasteiger partial charge in [0.05, 0.1) is 23.2 Å². The summed E-state index contributed by atoms with van der Waals surface area (Å²) in [6, 6.07) is 7.15. The number of benzene rings is 1. The molecule has 0 aliphatic heterocycles. The Morgan fingerprint density at radius 2 is 1.86 bits per heavy atom. The Kier molecular flexibility index (Phi) is 8.22. The van der Waals surface area contributed by atoms with Gasteiger partial charge in [0.2, 0.25) is 5.91 Å². The third-order valence-corrected chi connectivity index (χ3v) is 5.65. The van der Waals surface area contributed by atoms with Crippen LogP contribution in [0, 0.1) is 20.8 Å². The van der Waals surface area contributed by atoms with Crippen LogP contribution in [0.2, 0.25) is 0 Å². The van der Waals surface area contributed by atoms with Crippen molar-refractivity contribution in [2.75, 3.05) is 19.1 Å². The zero-order chi connectivity index (χ0) is 20.4. The normalized spacial score (nSPS) is 12.4. The lowest BCUT2D eigenvalue weighted by Crippen LogP contribution is -2.42. The van der Waals surface area contributed by atoms with Crippen LogP contribution in [0.25, 0.3) is 5.69 Å². The van der Waals surface area contributed by atoms with Crippen molar-refractivity contribution in [1.29, 1.82) is 0 Å². The number of carbonyl (C=O) groups is 1. The Morgan fingerprint density at radius 1 is 1.25 bits per heavy atom. The Balaban J connectivity index is 0.00000392. The summed E-state index contributed by atoms with van der Waals surface area (Å²) >= 11 is 0. The topological polar surface area (TPSA) is 98.3 Å². The quantitative estimate of drug-likeness (QED) is 0.726. The second kappa shape index (κ2) is 9.54. The third kappa shape index (κ3) is 5.80. The number of sulfone groups is 1. The number of nitrogens with two attached hydrogens (primary N) is 1. The first-order chi connectivity index (χ1) is 12.5. The fourth-order valence-corrected chi connectivity index (χ4v) is 3.68. The Bertz CT molecular complexity index is 941. The van der Waals surface area contributed by atoms with Gasteiger partial charge in [-0.15, -0.1) is 12.4 Å². The first kappa shape index (κ1) is 24.1. The van der Waals surface area contributed by atoms with E-state index in [-0.39, 0.29) is 30.5 Å². The average Bonchev–Trinajstić information content (AvgIpc) is 2.86. The molecule has 0 aliphatic rings. The molecule has 9 heteroatoms. The fraction of sp³-hybridized carbons (Fsp3) is 0.474. The molecule has 1 heterocycles. The molecule has 0 saturated heterocycles. The SMILES string of the molecule is Cc1ccccc1-n1nc(C)c(CN(C)C(=O)C(N)CCS(C)(=O)=O)c1C.Cl. The molecule has 7 nitrogen and oxygen atoms in total. The molecule has 2 N–H and O–H groups in total. The van der Waals surface area contributed by atoms with E-state index in [4.69, 9.17) is 5.73 Å². The van der Waals surface area contributed by atoms with Gasteiger partial charge in [0.25, 0.3) is 0 Å². The smallest absolute Gasteiger partial charge is 0.239 e. The molecule has 0 aliphatic carbocycles. The van der Waals surface area contributed by atoms with Crippen LogP contribution in [0.5, 0.6) is 0 Å². The summed E-state index contributed by atoms with van der Waals surface area (Å²) in [7, 11) is -1.47. The van der Waals surface area contributed by atoms with Crippen LogP contribution in [-0.2, 0) is 21.2 Å². The first-order valence-electron chi connectivity index (χ1n) is 8.80. The highest BCUT2D eigenvalue weighted by molar-refractivity contribution is 7.90. The van der Waals surface area contributed by atoms with Crippen LogP contribution in [0.1, 0.15) is 28.9 Å². The van der Waals surface area contributed by atoms with Crippen LogP contribution < -0.4 is 5.73 Å². The van der Waals surface area contributed by atoms with Crippen LogP contribution in [0.15, 0.2) is 24.3 Å². The maximum Gasteiger partial charge on any atom is 0.239 e. The lowest BCUT2D eigenvalue weighted by molar-refractivity contribution is -0.131. The van der Waals surface area contributed by atoms with E-state index >= 15 is 0 Å². The number of aromatic nitrogens is 2. The molecule has 2 aromatic rings. The molecule has 0 fully saturated rings. The molecule has 0 saturated carbocycles. The zero-order valence-corrected chi connectivity index (χ0v) is 18.6. The predicted molar refractivity (Wildman–Crippen MR) is 114 cm³/mol. The molecular weight excluding hydrogens is 400 g/mol. The standard InChI is InChI=1S/C19H28N4O3S.ClH/c1-13-8-6-7-9-18(13)23-15(3)16(14(2)21-23)12-22(4)19(24)17(20)10-11-27(5,25)26;/h6-9,17H,10-12,20H2,1-5H3;1H. The Morgan fingerprint density at radius 3 is 2.43 bits per heavy atom. The molecule has 1 atom stereocenters. The van der Waals surface area contributed by atoms with E-state index in [2.05, 4.69) is 5.10 Å². The van der Waals surface area contributed by atoms with Crippen LogP contribution >= 0.6 is 12.4 Å². The number of aryl methyl sites for hydroxylation is 2. The molecular formula is C19H29ClN4O3S. The van der Waals surface area contributed by atoms with Crippen LogP contribution in [-0.4, -0.2) is 54.1 Å². The van der Waals surface area contributed by atoms with E-state index in [1.807, 2.05) is 49.7 Å². The van der Waals surface area contributed by atoms with E-state index < -0.39 is 15.9 Å². The van der Waals surface area contributed by atoms with Crippen molar-refractivity contribution in [3.8, 4) is 5.69 Å². The van der Waals surface area contributed by atoms with Gasteiger partial charge in [-0.1, -0.05) is 18.2 Å². The highest BCUT2D eigenvalue weighted by Crippen LogP contribution is 2.21. The molecule has 0 bridgehead atoms. The van der Waals surface area contributed by atoms with Crippen LogP contribution in [0.4, 0.5) is 0 Å². The molecule has 1 amide bonds. The first-order valence-corrected chi connectivity index (χ1v) is 10.9. The van der Waals surface area contributed by atoms with Gasteiger partial charge in [-0.25, -0.2) is 13.1 Å². The van der Waals surface area contributed by atoms with Crippen molar-refractivity contribution in [3.63, 3.8) is 0 Å². The van der Waals surface area contributed by atoms with Crippen molar-refractivity contribution in [2.24, 2.45) is 5.73 Å². The number of carbonyl (C=O) groups excluding carboxylic acids is 1. The number of amides is 1. The highest BCUT2D eigenvalue weighted by Gasteiger charge is 2.22. The summed E-state index contributed by atoms with van der Waals surface area (Å²) in [6.45, 7) is 6.29. The average molecular weight is 429 g/mol. The molecule has 0 spiro atoms. The van der Waals surface area contributed by atoms with Gasteiger partial charge in [-0.05, 0) is 38.8 Å². The lowest BCUT2D eigenvalue weighted by Gasteiger charge is -2.21. The summed E-state index contributed by atoms with van der Waals surface area (Å²) in [5.41, 5.74) is 10.8. The van der Waals surface area contributed by atoms with E-state index in [1.165, 1.54) is 4.90 Å². The van der Waals surface area contributed by atoms with Crippen molar-refractivity contribution in [3.05, 3.63) is 46.8 Å². The fourth-order valence-electron chi connectivity index (χ4n) is 3.00. The Labute approximate surface area is 173 Å². The lowest BCUT2D eigenvalue weighted by atomic mass is 10.1. The molecule has 1 aromatic carbocycles. The number of halogens is 1. The molecule has 2 rings (SSSR count). The summed E-state index contributed by atoms with van der Waals surface area (Å²) < 4.78 is 24.5. The van der Waals surface area contributed by atoms with E-state index in [1.54, 1.807) is 7.05 Å². The third-order valence-electron chi connectivity index (χ3n) is 4.67. The number of hydrogen-bond acceptors (Lipinski definition) is 5. The van der Waals surface area contributed by atoms with Gasteiger partial charge < -0.3 is 10.6 Å². The summed E-state index contributed by atoms with van der Waals surface area (Å²) in [6.07, 6.45) is 1.25. The number of rotatable bonds is 7. The molecule has 28 heavy (non-hydrogen) atoms. The second-order valence-electron chi connectivity index (χ2n) is 7.07. The van der Waals surface area contributed by atoms with Gasteiger partial charge in [0, 0.05) is 31.1 Å². The predicted octanol–water partition coefficient (Wildman–Crippen LogP) is 1.94. The largest absolute Gasteiger partial charge is 0.340 e. The summed E-state index contributed by atoms with van der Waals surface area (Å²) in [5.74, 6) is -0.377. The highest BCUT2D eigenvalue weighted by atomic mass is 35.5. The van der Waals surface area contributed by atoms with Crippen molar-refractivity contribution in [1.82, 2.24) is 14.7 Å². The maximum atomic E-state index is 12.5. The van der Waals surface area contributed by atoms with Gasteiger partial charge in [-0.3, -0.25) is 4.79 Å².